The summed E-state index contributed by atoms with van der Waals surface area (Å²) in [6, 6.07) is 0. The van der Waals surface area contributed by atoms with Gasteiger partial charge in [0.25, 0.3) is 0 Å². The molecule has 1 rings (SSSR count). The fourth-order valence-electron chi connectivity index (χ4n) is 1.91. The van der Waals surface area contributed by atoms with E-state index in [1.165, 1.54) is 6.42 Å². The lowest BCUT2D eigenvalue weighted by Gasteiger charge is -2.16. The van der Waals surface area contributed by atoms with E-state index < -0.39 is 0 Å². The Labute approximate surface area is 63.8 Å². The maximum Gasteiger partial charge on any atom is 0.0582 e. The van der Waals surface area contributed by atoms with Crippen molar-refractivity contribution in [2.75, 3.05) is 0 Å². The third-order valence-electron chi connectivity index (χ3n) is 2.51. The van der Waals surface area contributed by atoms with E-state index in [1.54, 1.807) is 0 Å². The first kappa shape index (κ1) is 8.06. The normalized spacial score (nSPS) is 41.1. The average molecular weight is 142 g/mol. The van der Waals surface area contributed by atoms with E-state index in [-0.39, 0.29) is 0 Å². The first-order chi connectivity index (χ1) is 4.61. The van der Waals surface area contributed by atoms with Crippen LogP contribution in [0.25, 0.3) is 0 Å². The van der Waals surface area contributed by atoms with Gasteiger partial charge < -0.3 is 4.74 Å². The molecule has 0 spiro atoms. The molecule has 1 nitrogen and oxygen atoms in total. The van der Waals surface area contributed by atoms with Gasteiger partial charge in [-0.05, 0) is 32.1 Å². The summed E-state index contributed by atoms with van der Waals surface area (Å²) in [5.74, 6) is 1.56. The quantitative estimate of drug-likeness (QED) is 0.546. The molecule has 10 heavy (non-hydrogen) atoms. The summed E-state index contributed by atoms with van der Waals surface area (Å²) in [5, 5.41) is 0. The van der Waals surface area contributed by atoms with Gasteiger partial charge in [0.2, 0.25) is 0 Å². The Morgan fingerprint density at radius 3 is 2.10 bits per heavy atom. The summed E-state index contributed by atoms with van der Waals surface area (Å²) in [5.41, 5.74) is 0. The van der Waals surface area contributed by atoms with Gasteiger partial charge >= 0.3 is 0 Å². The van der Waals surface area contributed by atoms with Crippen LogP contribution >= 0.6 is 0 Å². The molecule has 1 heteroatoms. The van der Waals surface area contributed by atoms with Crippen LogP contribution in [-0.2, 0) is 4.74 Å². The summed E-state index contributed by atoms with van der Waals surface area (Å²) in [6.07, 6.45) is 2.22. The monoisotopic (exact) mass is 142 g/mol. The van der Waals surface area contributed by atoms with Crippen molar-refractivity contribution < 1.29 is 4.74 Å². The smallest absolute Gasteiger partial charge is 0.0582 e. The van der Waals surface area contributed by atoms with Gasteiger partial charge in [0.1, 0.15) is 0 Å². The van der Waals surface area contributed by atoms with Gasteiger partial charge in [-0.25, -0.2) is 0 Å². The van der Waals surface area contributed by atoms with Gasteiger partial charge in [0.05, 0.1) is 12.2 Å². The molecular weight excluding hydrogens is 124 g/mol. The second kappa shape index (κ2) is 2.91. The van der Waals surface area contributed by atoms with Gasteiger partial charge in [-0.15, -0.1) is 0 Å². The Kier molecular flexibility index (Phi) is 2.35. The van der Waals surface area contributed by atoms with E-state index >= 15 is 0 Å². The second-order valence-electron chi connectivity index (χ2n) is 3.80. The van der Waals surface area contributed by atoms with E-state index in [9.17, 15) is 0 Å². The summed E-state index contributed by atoms with van der Waals surface area (Å²) < 4.78 is 5.64. The first-order valence-electron chi connectivity index (χ1n) is 4.26. The highest BCUT2D eigenvalue weighted by molar-refractivity contribution is 4.79. The van der Waals surface area contributed by atoms with Crippen molar-refractivity contribution in [1.82, 2.24) is 0 Å². The van der Waals surface area contributed by atoms with Crippen LogP contribution in [0, 0.1) is 11.8 Å². The molecular formula is C9H18O. The van der Waals surface area contributed by atoms with Crippen LogP contribution in [0.3, 0.4) is 0 Å². The summed E-state index contributed by atoms with van der Waals surface area (Å²) in [6.45, 7) is 8.91. The van der Waals surface area contributed by atoms with Gasteiger partial charge in [-0.3, -0.25) is 0 Å². The predicted molar refractivity (Wildman–Crippen MR) is 43.0 cm³/mol. The molecule has 0 saturated carbocycles. The predicted octanol–water partition coefficient (Wildman–Crippen LogP) is 2.46. The van der Waals surface area contributed by atoms with Crippen molar-refractivity contribution >= 4 is 0 Å². The number of hydrogen-bond acceptors (Lipinski definition) is 1. The molecule has 0 radical (unpaired) electrons. The van der Waals surface area contributed by atoms with E-state index in [2.05, 4.69) is 27.7 Å². The highest BCUT2D eigenvalue weighted by Gasteiger charge is 2.31. The van der Waals surface area contributed by atoms with Gasteiger partial charge in [-0.2, -0.15) is 0 Å². The lowest BCUT2D eigenvalue weighted by atomic mass is 9.89. The third kappa shape index (κ3) is 1.51. The molecule has 0 aromatic rings. The highest BCUT2D eigenvalue weighted by Crippen LogP contribution is 2.31. The Bertz CT molecular complexity index is 109. The van der Waals surface area contributed by atoms with Crippen LogP contribution in [0.2, 0.25) is 0 Å². The van der Waals surface area contributed by atoms with E-state index in [1.807, 2.05) is 0 Å². The minimum atomic E-state index is 0.481. The molecule has 1 aliphatic rings. The van der Waals surface area contributed by atoms with Gasteiger partial charge in [0.15, 0.2) is 0 Å². The molecule has 3 atom stereocenters. The third-order valence-corrected chi connectivity index (χ3v) is 2.51. The molecule has 0 N–H and O–H groups in total. The Morgan fingerprint density at radius 2 is 1.90 bits per heavy atom. The number of ether oxygens (including phenoxy) is 1. The molecule has 1 heterocycles. The van der Waals surface area contributed by atoms with Gasteiger partial charge in [-0.1, -0.05) is 13.8 Å². The van der Waals surface area contributed by atoms with Crippen molar-refractivity contribution in [1.29, 1.82) is 0 Å². The maximum atomic E-state index is 5.64. The topological polar surface area (TPSA) is 9.23 Å². The Hall–Kier alpha value is -0.0400. The van der Waals surface area contributed by atoms with Gasteiger partial charge in [0, 0.05) is 0 Å². The summed E-state index contributed by atoms with van der Waals surface area (Å²) in [7, 11) is 0. The van der Waals surface area contributed by atoms with Crippen molar-refractivity contribution in [2.45, 2.75) is 46.3 Å². The minimum Gasteiger partial charge on any atom is -0.375 e. The fraction of sp³-hybridized carbons (Fsp3) is 1.00. The molecule has 1 saturated heterocycles. The fourth-order valence-corrected chi connectivity index (χ4v) is 1.91. The largest absolute Gasteiger partial charge is 0.375 e. The molecule has 3 unspecified atom stereocenters. The molecule has 0 bridgehead atoms. The van der Waals surface area contributed by atoms with Crippen LogP contribution in [0.15, 0.2) is 0 Å². The zero-order valence-corrected chi connectivity index (χ0v) is 7.42. The zero-order valence-electron chi connectivity index (χ0n) is 7.42. The van der Waals surface area contributed by atoms with Crippen LogP contribution in [0.1, 0.15) is 34.1 Å². The Balaban J connectivity index is 2.46. The molecule has 0 aliphatic carbocycles. The lowest BCUT2D eigenvalue weighted by Crippen LogP contribution is -2.16. The molecule has 1 aliphatic heterocycles. The number of hydrogen-bond donors (Lipinski definition) is 0. The van der Waals surface area contributed by atoms with E-state index in [4.69, 9.17) is 4.74 Å². The maximum absolute atomic E-state index is 5.64. The highest BCUT2D eigenvalue weighted by atomic mass is 16.5. The first-order valence-corrected chi connectivity index (χ1v) is 4.26. The van der Waals surface area contributed by atoms with Crippen LogP contribution < -0.4 is 0 Å². The number of rotatable bonds is 1. The van der Waals surface area contributed by atoms with Crippen LogP contribution in [0.4, 0.5) is 0 Å². The average Bonchev–Trinajstić information content (AvgIpc) is 2.10. The molecule has 0 aromatic carbocycles. The molecule has 0 amide bonds. The minimum absolute atomic E-state index is 0.481. The van der Waals surface area contributed by atoms with Crippen molar-refractivity contribution in [3.05, 3.63) is 0 Å². The van der Waals surface area contributed by atoms with Crippen molar-refractivity contribution in [3.63, 3.8) is 0 Å². The summed E-state index contributed by atoms with van der Waals surface area (Å²) >= 11 is 0. The Morgan fingerprint density at radius 1 is 1.30 bits per heavy atom. The van der Waals surface area contributed by atoms with Crippen molar-refractivity contribution in [2.24, 2.45) is 11.8 Å². The van der Waals surface area contributed by atoms with Crippen molar-refractivity contribution in [3.8, 4) is 0 Å². The molecule has 60 valence electrons. The lowest BCUT2D eigenvalue weighted by molar-refractivity contribution is 0.0501. The zero-order chi connectivity index (χ0) is 7.72. The van der Waals surface area contributed by atoms with E-state index in [0.29, 0.717) is 12.2 Å². The van der Waals surface area contributed by atoms with Crippen LogP contribution in [0.5, 0.6) is 0 Å². The second-order valence-corrected chi connectivity index (χ2v) is 3.80. The van der Waals surface area contributed by atoms with E-state index in [0.717, 1.165) is 11.8 Å². The summed E-state index contributed by atoms with van der Waals surface area (Å²) in [4.78, 5) is 0. The molecule has 0 aromatic heterocycles. The molecule has 1 fully saturated rings. The standard InChI is InChI=1S/C9H18O/c1-6(2)9-5-7(3)10-8(9)4/h6-9H,5H2,1-4H3. The SMILES string of the molecule is CC1CC(C(C)C)C(C)O1. The van der Waals surface area contributed by atoms with Crippen LogP contribution in [-0.4, -0.2) is 12.2 Å².